The van der Waals surface area contributed by atoms with Crippen LogP contribution in [0.15, 0.2) is 18.2 Å². The highest BCUT2D eigenvalue weighted by molar-refractivity contribution is 5.19. The van der Waals surface area contributed by atoms with E-state index in [0.717, 1.165) is 25.8 Å². The molecule has 0 saturated heterocycles. The predicted octanol–water partition coefficient (Wildman–Crippen LogP) is 4.31. The van der Waals surface area contributed by atoms with E-state index in [0.29, 0.717) is 17.9 Å². The molecule has 1 rings (SSSR count). The summed E-state index contributed by atoms with van der Waals surface area (Å²) in [6.45, 7) is 7.38. The summed E-state index contributed by atoms with van der Waals surface area (Å²) in [5.41, 5.74) is 0.470. The first-order valence-electron chi connectivity index (χ1n) is 7.20. The van der Waals surface area contributed by atoms with Gasteiger partial charge in [-0.05, 0) is 61.9 Å². The summed E-state index contributed by atoms with van der Waals surface area (Å²) in [5.74, 6) is -0.0490. The molecule has 3 heteroatoms. The van der Waals surface area contributed by atoms with Gasteiger partial charge in [0, 0.05) is 6.04 Å². The molecule has 0 spiro atoms. The molecule has 0 fully saturated rings. The van der Waals surface area contributed by atoms with Crippen LogP contribution in [-0.2, 0) is 6.42 Å². The van der Waals surface area contributed by atoms with Gasteiger partial charge in [0.05, 0.1) is 0 Å². The normalized spacial score (nSPS) is 12.9. The van der Waals surface area contributed by atoms with Gasteiger partial charge >= 0.3 is 0 Å². The van der Waals surface area contributed by atoms with Crippen LogP contribution in [0.3, 0.4) is 0 Å². The van der Waals surface area contributed by atoms with E-state index < -0.39 is 0 Å². The quantitative estimate of drug-likeness (QED) is 0.741. The molecule has 1 atom stereocenters. The lowest BCUT2D eigenvalue weighted by atomic mass is 9.97. The number of halogens is 2. The first-order valence-corrected chi connectivity index (χ1v) is 7.20. The molecule has 1 aromatic carbocycles. The van der Waals surface area contributed by atoms with Gasteiger partial charge in [0.15, 0.2) is 0 Å². The predicted molar refractivity (Wildman–Crippen MR) is 76.2 cm³/mol. The van der Waals surface area contributed by atoms with Crippen molar-refractivity contribution < 1.29 is 8.78 Å². The Hall–Kier alpha value is -0.960. The van der Waals surface area contributed by atoms with E-state index in [-0.39, 0.29) is 17.7 Å². The molecule has 0 aliphatic heterocycles. The minimum atomic E-state index is -0.366. The first-order chi connectivity index (χ1) is 9.02. The lowest BCUT2D eigenvalue weighted by Gasteiger charge is -2.20. The Morgan fingerprint density at radius 3 is 2.53 bits per heavy atom. The average Bonchev–Trinajstić information content (AvgIpc) is 2.36. The fraction of sp³-hybridized carbons (Fsp3) is 0.625. The summed E-state index contributed by atoms with van der Waals surface area (Å²) in [7, 11) is 0. The van der Waals surface area contributed by atoms with Crippen LogP contribution in [-0.4, -0.2) is 12.6 Å². The first kappa shape index (κ1) is 16.1. The standard InChI is InChI=1S/C16H25F2N/c1-4-9-19-15(7-5-12(2)3)11-13-10-14(17)6-8-16(13)18/h6,8,10,12,15,19H,4-5,7,9,11H2,1-3H3. The Kier molecular flexibility index (Phi) is 7.00. The highest BCUT2D eigenvalue weighted by Crippen LogP contribution is 2.15. The summed E-state index contributed by atoms with van der Waals surface area (Å²) in [4.78, 5) is 0. The maximum atomic E-state index is 13.7. The Bertz CT molecular complexity index is 377. The van der Waals surface area contributed by atoms with Crippen molar-refractivity contribution in [2.45, 2.75) is 52.5 Å². The van der Waals surface area contributed by atoms with Crippen LogP contribution in [0.25, 0.3) is 0 Å². The maximum absolute atomic E-state index is 13.7. The average molecular weight is 269 g/mol. The summed E-state index contributed by atoms with van der Waals surface area (Å²) in [6.07, 6.45) is 3.69. The molecule has 0 aromatic heterocycles. The van der Waals surface area contributed by atoms with Crippen molar-refractivity contribution in [1.82, 2.24) is 5.32 Å². The minimum absolute atomic E-state index is 0.221. The molecule has 0 amide bonds. The van der Waals surface area contributed by atoms with Crippen LogP contribution < -0.4 is 5.32 Å². The maximum Gasteiger partial charge on any atom is 0.126 e. The zero-order chi connectivity index (χ0) is 14.3. The molecule has 0 bridgehead atoms. The largest absolute Gasteiger partial charge is 0.314 e. The summed E-state index contributed by atoms with van der Waals surface area (Å²) >= 11 is 0. The molecule has 1 unspecified atom stereocenters. The topological polar surface area (TPSA) is 12.0 Å². The number of nitrogens with one attached hydrogen (secondary N) is 1. The van der Waals surface area contributed by atoms with Gasteiger partial charge in [0.1, 0.15) is 11.6 Å². The molecular formula is C16H25F2N. The molecule has 1 N–H and O–H groups in total. The van der Waals surface area contributed by atoms with Crippen LogP contribution in [0.4, 0.5) is 8.78 Å². The Labute approximate surface area is 115 Å². The summed E-state index contributed by atoms with van der Waals surface area (Å²) in [6, 6.07) is 3.91. The highest BCUT2D eigenvalue weighted by Gasteiger charge is 2.13. The second kappa shape index (κ2) is 8.26. The van der Waals surface area contributed by atoms with E-state index in [9.17, 15) is 8.78 Å². The van der Waals surface area contributed by atoms with Crippen molar-refractivity contribution in [3.05, 3.63) is 35.4 Å². The Morgan fingerprint density at radius 1 is 1.16 bits per heavy atom. The van der Waals surface area contributed by atoms with E-state index >= 15 is 0 Å². The zero-order valence-corrected chi connectivity index (χ0v) is 12.2. The Morgan fingerprint density at radius 2 is 1.89 bits per heavy atom. The molecule has 108 valence electrons. The molecular weight excluding hydrogens is 244 g/mol. The third-order valence-corrected chi connectivity index (χ3v) is 3.25. The van der Waals surface area contributed by atoms with Crippen LogP contribution >= 0.6 is 0 Å². The monoisotopic (exact) mass is 269 g/mol. The molecule has 0 radical (unpaired) electrons. The smallest absolute Gasteiger partial charge is 0.126 e. The number of benzene rings is 1. The van der Waals surface area contributed by atoms with Crippen molar-refractivity contribution in [3.8, 4) is 0 Å². The van der Waals surface area contributed by atoms with E-state index in [1.807, 2.05) is 0 Å². The molecule has 19 heavy (non-hydrogen) atoms. The molecule has 0 aliphatic carbocycles. The number of hydrogen-bond acceptors (Lipinski definition) is 1. The second-order valence-corrected chi connectivity index (χ2v) is 5.56. The number of hydrogen-bond donors (Lipinski definition) is 1. The Balaban J connectivity index is 2.66. The fourth-order valence-corrected chi connectivity index (χ4v) is 2.12. The van der Waals surface area contributed by atoms with Gasteiger partial charge < -0.3 is 5.32 Å². The van der Waals surface area contributed by atoms with E-state index in [1.54, 1.807) is 0 Å². The van der Waals surface area contributed by atoms with E-state index in [4.69, 9.17) is 0 Å². The third-order valence-electron chi connectivity index (χ3n) is 3.25. The molecule has 1 nitrogen and oxygen atoms in total. The van der Waals surface area contributed by atoms with E-state index in [1.165, 1.54) is 18.2 Å². The zero-order valence-electron chi connectivity index (χ0n) is 12.2. The lowest BCUT2D eigenvalue weighted by Crippen LogP contribution is -2.32. The van der Waals surface area contributed by atoms with Crippen molar-refractivity contribution in [2.24, 2.45) is 5.92 Å². The molecule has 1 aromatic rings. The second-order valence-electron chi connectivity index (χ2n) is 5.56. The van der Waals surface area contributed by atoms with Gasteiger partial charge in [0.25, 0.3) is 0 Å². The van der Waals surface area contributed by atoms with Crippen LogP contribution in [0.5, 0.6) is 0 Å². The summed E-state index contributed by atoms with van der Waals surface area (Å²) in [5, 5.41) is 3.43. The van der Waals surface area contributed by atoms with Crippen LogP contribution in [0, 0.1) is 17.6 Å². The van der Waals surface area contributed by atoms with Gasteiger partial charge in [0.2, 0.25) is 0 Å². The molecule has 0 heterocycles. The highest BCUT2D eigenvalue weighted by atomic mass is 19.1. The lowest BCUT2D eigenvalue weighted by molar-refractivity contribution is 0.421. The van der Waals surface area contributed by atoms with Gasteiger partial charge in [-0.1, -0.05) is 20.8 Å². The van der Waals surface area contributed by atoms with Gasteiger partial charge in [-0.3, -0.25) is 0 Å². The molecule has 0 saturated carbocycles. The van der Waals surface area contributed by atoms with Crippen molar-refractivity contribution in [1.29, 1.82) is 0 Å². The molecule has 0 aliphatic rings. The van der Waals surface area contributed by atoms with Crippen LogP contribution in [0.2, 0.25) is 0 Å². The van der Waals surface area contributed by atoms with Crippen LogP contribution in [0.1, 0.15) is 45.6 Å². The van der Waals surface area contributed by atoms with Gasteiger partial charge in [-0.2, -0.15) is 0 Å². The van der Waals surface area contributed by atoms with Gasteiger partial charge in [-0.25, -0.2) is 8.78 Å². The van der Waals surface area contributed by atoms with Crippen molar-refractivity contribution in [3.63, 3.8) is 0 Å². The third kappa shape index (κ3) is 6.15. The summed E-state index contributed by atoms with van der Waals surface area (Å²) < 4.78 is 26.8. The van der Waals surface area contributed by atoms with E-state index in [2.05, 4.69) is 26.1 Å². The number of rotatable bonds is 8. The fourth-order valence-electron chi connectivity index (χ4n) is 2.12. The SMILES string of the molecule is CCCNC(CCC(C)C)Cc1cc(F)ccc1F. The minimum Gasteiger partial charge on any atom is -0.314 e. The van der Waals surface area contributed by atoms with Gasteiger partial charge in [-0.15, -0.1) is 0 Å². The van der Waals surface area contributed by atoms with Crippen molar-refractivity contribution in [2.75, 3.05) is 6.54 Å². The van der Waals surface area contributed by atoms with Crippen molar-refractivity contribution >= 4 is 0 Å².